The van der Waals surface area contributed by atoms with Gasteiger partial charge in [0.15, 0.2) is 5.75 Å². The van der Waals surface area contributed by atoms with E-state index < -0.39 is 33.7 Å². The van der Waals surface area contributed by atoms with Gasteiger partial charge in [0.05, 0.1) is 11.3 Å². The van der Waals surface area contributed by atoms with Crippen molar-refractivity contribution in [2.24, 2.45) is 0 Å². The van der Waals surface area contributed by atoms with Crippen molar-refractivity contribution in [3.05, 3.63) is 72.3 Å². The molecule has 3 rings (SSSR count). The predicted molar refractivity (Wildman–Crippen MR) is 117 cm³/mol. The van der Waals surface area contributed by atoms with E-state index >= 15 is 0 Å². The van der Waals surface area contributed by atoms with Crippen LogP contribution in [0.2, 0.25) is 0 Å². The summed E-state index contributed by atoms with van der Waals surface area (Å²) in [5.74, 6) is -1.66. The number of hydrogen-bond acceptors (Lipinski definition) is 4. The Hall–Kier alpha value is -3.48. The van der Waals surface area contributed by atoms with Crippen molar-refractivity contribution in [2.45, 2.75) is 25.8 Å². The minimum absolute atomic E-state index is 0.153. The van der Waals surface area contributed by atoms with Crippen LogP contribution in [0.15, 0.2) is 61.2 Å². The number of aromatic nitrogens is 2. The van der Waals surface area contributed by atoms with Gasteiger partial charge >= 0.3 is 12.4 Å². The van der Waals surface area contributed by atoms with E-state index in [1.54, 1.807) is 13.0 Å². The molecule has 0 fully saturated rings. The largest absolute Gasteiger partial charge is 0.439 e. The highest BCUT2D eigenvalue weighted by molar-refractivity contribution is 7.89. The van der Waals surface area contributed by atoms with Crippen LogP contribution in [-0.4, -0.2) is 30.1 Å². The second-order valence-corrected chi connectivity index (χ2v) is 9.07. The maximum absolute atomic E-state index is 12.8. The Morgan fingerprint density at radius 1 is 1.06 bits per heavy atom. The summed E-state index contributed by atoms with van der Waals surface area (Å²) in [7, 11) is -4.70. The van der Waals surface area contributed by atoms with Crippen LogP contribution >= 0.6 is 0 Å². The molecule has 0 saturated carbocycles. The number of nitrogens with zero attached hydrogens (tertiary/aromatic N) is 2. The van der Waals surface area contributed by atoms with E-state index in [1.165, 1.54) is 41.1 Å². The molecule has 0 aliphatic rings. The van der Waals surface area contributed by atoms with Crippen LogP contribution in [0, 0.1) is 0 Å². The summed E-state index contributed by atoms with van der Waals surface area (Å²) in [5, 5.41) is 4.37. The van der Waals surface area contributed by atoms with Gasteiger partial charge in [0, 0.05) is 23.9 Å². The zero-order chi connectivity index (χ0) is 26.0. The molecule has 0 bridgehead atoms. The number of sulfonamides is 1. The number of alkyl halides is 6. The monoisotopic (exact) mass is 519 g/mol. The highest BCUT2D eigenvalue weighted by Crippen LogP contribution is 2.33. The maximum Gasteiger partial charge on any atom is 0.416 e. The van der Waals surface area contributed by atoms with Crippen molar-refractivity contribution < 1.29 is 39.5 Å². The summed E-state index contributed by atoms with van der Waals surface area (Å²) < 4.78 is 108. The quantitative estimate of drug-likeness (QED) is 0.380. The maximum atomic E-state index is 12.8. The Labute approximate surface area is 196 Å². The number of benzene rings is 2. The van der Waals surface area contributed by atoms with E-state index in [2.05, 4.69) is 11.7 Å². The van der Waals surface area contributed by atoms with Crippen LogP contribution in [0.1, 0.15) is 18.1 Å². The summed E-state index contributed by atoms with van der Waals surface area (Å²) in [5.41, 5.74) is -0.0149. The molecule has 0 saturated heterocycles. The molecule has 1 heterocycles. The zero-order valence-electron chi connectivity index (χ0n) is 18.1. The number of ether oxygens (including phenoxy) is 1. The van der Waals surface area contributed by atoms with Gasteiger partial charge in [-0.15, -0.1) is 0 Å². The Bertz CT molecular complexity index is 1310. The first-order valence-electron chi connectivity index (χ1n) is 9.97. The lowest BCUT2D eigenvalue weighted by Gasteiger charge is -2.13. The fraction of sp³-hybridized carbons (Fsp3) is 0.227. The van der Waals surface area contributed by atoms with Crippen LogP contribution in [-0.2, 0) is 22.7 Å². The predicted octanol–water partition coefficient (Wildman–Crippen LogP) is 5.83. The highest BCUT2D eigenvalue weighted by atomic mass is 32.2. The van der Waals surface area contributed by atoms with Crippen LogP contribution in [0.25, 0.3) is 17.0 Å². The average molecular weight is 519 g/mol. The molecule has 0 spiro atoms. The van der Waals surface area contributed by atoms with Gasteiger partial charge in [-0.2, -0.15) is 31.4 Å². The van der Waals surface area contributed by atoms with E-state index in [9.17, 15) is 34.8 Å². The average Bonchev–Trinajstić information content (AvgIpc) is 3.14. The summed E-state index contributed by atoms with van der Waals surface area (Å²) in [6, 6.07) is 11.7. The van der Waals surface area contributed by atoms with Gasteiger partial charge < -0.3 is 4.74 Å². The van der Waals surface area contributed by atoms with Gasteiger partial charge in [-0.3, -0.25) is 4.72 Å². The minimum Gasteiger partial charge on any atom is -0.439 e. The Balaban J connectivity index is 1.82. The lowest BCUT2D eigenvalue weighted by molar-refractivity contribution is -0.137. The van der Waals surface area contributed by atoms with E-state index in [1.807, 2.05) is 4.72 Å². The first-order chi connectivity index (χ1) is 16.2. The second kappa shape index (κ2) is 9.64. The summed E-state index contributed by atoms with van der Waals surface area (Å²) in [4.78, 5) is 0. The molecule has 0 aliphatic heterocycles. The van der Waals surface area contributed by atoms with Crippen LogP contribution in [0.4, 0.5) is 26.3 Å². The molecule has 3 aromatic rings. The molecule has 2 aromatic carbocycles. The lowest BCUT2D eigenvalue weighted by atomic mass is 10.1. The SMILES string of the molecule is C=C(NS(=O)(=O)CC(F)(F)F)c1cccc(-c2cc(Oc3ccc(C(F)(F)F)cc3)n(CC)n2)c1. The number of rotatable bonds is 8. The number of aryl methyl sites for hydroxylation is 1. The van der Waals surface area contributed by atoms with Crippen molar-refractivity contribution in [1.82, 2.24) is 14.5 Å². The first-order valence-corrected chi connectivity index (χ1v) is 11.6. The molecule has 0 aliphatic carbocycles. The van der Waals surface area contributed by atoms with Gasteiger partial charge in [0.2, 0.25) is 15.9 Å². The second-order valence-electron chi connectivity index (χ2n) is 7.34. The topological polar surface area (TPSA) is 73.2 Å². The Morgan fingerprint density at radius 3 is 2.29 bits per heavy atom. The third kappa shape index (κ3) is 7.01. The molecule has 35 heavy (non-hydrogen) atoms. The van der Waals surface area contributed by atoms with E-state index in [4.69, 9.17) is 4.74 Å². The third-order valence-corrected chi connectivity index (χ3v) is 5.85. The van der Waals surface area contributed by atoms with Crippen molar-refractivity contribution in [1.29, 1.82) is 0 Å². The molecule has 0 amide bonds. The van der Waals surface area contributed by atoms with E-state index in [0.29, 0.717) is 17.8 Å². The molecule has 188 valence electrons. The number of nitrogens with one attached hydrogen (secondary N) is 1. The smallest absolute Gasteiger partial charge is 0.416 e. The minimum atomic E-state index is -4.91. The van der Waals surface area contributed by atoms with Crippen LogP contribution in [0.3, 0.4) is 0 Å². The fourth-order valence-corrected chi connectivity index (χ4v) is 4.04. The molecule has 6 nitrogen and oxygen atoms in total. The van der Waals surface area contributed by atoms with Crippen molar-refractivity contribution in [3.8, 4) is 22.9 Å². The Morgan fingerprint density at radius 2 is 1.71 bits per heavy atom. The molecule has 1 aromatic heterocycles. The van der Waals surface area contributed by atoms with Gasteiger partial charge in [0.25, 0.3) is 0 Å². The lowest BCUT2D eigenvalue weighted by Crippen LogP contribution is -2.32. The molecular formula is C22H19F6N3O3S. The van der Waals surface area contributed by atoms with Gasteiger partial charge in [0.1, 0.15) is 5.75 Å². The Kier molecular flexibility index (Phi) is 7.20. The van der Waals surface area contributed by atoms with Crippen LogP contribution in [0.5, 0.6) is 11.6 Å². The summed E-state index contributed by atoms with van der Waals surface area (Å²) >= 11 is 0. The van der Waals surface area contributed by atoms with Crippen molar-refractivity contribution >= 4 is 15.7 Å². The highest BCUT2D eigenvalue weighted by Gasteiger charge is 2.35. The van der Waals surface area contributed by atoms with Crippen LogP contribution < -0.4 is 9.46 Å². The zero-order valence-corrected chi connectivity index (χ0v) is 18.9. The normalized spacial score (nSPS) is 12.4. The number of hydrogen-bond donors (Lipinski definition) is 1. The standard InChI is InChI=1S/C22H19F6N3O3S/c1-3-31-20(34-18-9-7-17(8-10-18)22(26,27)28)12-19(29-31)16-6-4-5-15(11-16)14(2)30-35(32,33)13-21(23,24)25/h4-12,30H,2-3,13H2,1H3. The van der Waals surface area contributed by atoms with E-state index in [0.717, 1.165) is 12.1 Å². The van der Waals surface area contributed by atoms with E-state index in [-0.39, 0.29) is 22.9 Å². The van der Waals surface area contributed by atoms with Crippen molar-refractivity contribution in [3.63, 3.8) is 0 Å². The van der Waals surface area contributed by atoms with Crippen molar-refractivity contribution in [2.75, 3.05) is 5.75 Å². The summed E-state index contributed by atoms with van der Waals surface area (Å²) in [6.45, 7) is 5.63. The molecule has 0 radical (unpaired) electrons. The van der Waals surface area contributed by atoms with Gasteiger partial charge in [-0.25, -0.2) is 13.1 Å². The molecular weight excluding hydrogens is 500 g/mol. The molecule has 1 N–H and O–H groups in total. The number of halogens is 6. The van der Waals surface area contributed by atoms with Gasteiger partial charge in [-0.1, -0.05) is 24.8 Å². The first kappa shape index (κ1) is 26.1. The summed E-state index contributed by atoms with van der Waals surface area (Å²) in [6.07, 6.45) is -9.39. The molecule has 0 unspecified atom stereocenters. The molecule has 13 heteroatoms. The fourth-order valence-electron chi connectivity index (χ4n) is 3.05. The third-order valence-electron chi connectivity index (χ3n) is 4.59. The van der Waals surface area contributed by atoms with Gasteiger partial charge in [-0.05, 0) is 42.8 Å². The molecule has 0 atom stereocenters.